The summed E-state index contributed by atoms with van der Waals surface area (Å²) in [5.74, 6) is 1.36. The Labute approximate surface area is 204 Å². The predicted molar refractivity (Wildman–Crippen MR) is 136 cm³/mol. The lowest BCUT2D eigenvalue weighted by Crippen LogP contribution is -2.33. The minimum Gasteiger partial charge on any atom is -0.497 e. The minimum atomic E-state index is -0.501. The number of fused-ring (bicyclic) bond motifs is 1. The summed E-state index contributed by atoms with van der Waals surface area (Å²) in [4.78, 5) is 26.4. The standard InChI is InChI=1S/C27H30N4O4/c1-17-23-16-29-31(21-9-7-6-8-10-21)27(33)25(23)18(2)30(17)19(3)26(32)28-14-13-20-15-22(34-4)11-12-24(20)35-5/h6-12,15-16,19H,13-14H2,1-5H3,(H,28,32). The third-order valence-corrected chi connectivity index (χ3v) is 6.40. The number of carbonyl (C=O) groups is 1. The van der Waals surface area contributed by atoms with Crippen molar-refractivity contribution in [3.63, 3.8) is 0 Å². The van der Waals surface area contributed by atoms with Gasteiger partial charge in [0.05, 0.1) is 31.5 Å². The first kappa shape index (κ1) is 24.1. The van der Waals surface area contributed by atoms with Gasteiger partial charge < -0.3 is 19.4 Å². The van der Waals surface area contributed by atoms with Gasteiger partial charge in [-0.2, -0.15) is 9.78 Å². The monoisotopic (exact) mass is 474 g/mol. The van der Waals surface area contributed by atoms with E-state index in [2.05, 4.69) is 10.4 Å². The highest BCUT2D eigenvalue weighted by atomic mass is 16.5. The van der Waals surface area contributed by atoms with Crippen LogP contribution in [-0.4, -0.2) is 41.0 Å². The molecular weight excluding hydrogens is 444 g/mol. The van der Waals surface area contributed by atoms with Crippen molar-refractivity contribution in [1.82, 2.24) is 19.7 Å². The summed E-state index contributed by atoms with van der Waals surface area (Å²) >= 11 is 0. The molecule has 1 atom stereocenters. The molecule has 0 aliphatic carbocycles. The number of methoxy groups -OCH3 is 2. The number of nitrogens with zero attached hydrogens (tertiary/aromatic N) is 3. The maximum atomic E-state index is 13.3. The Bertz CT molecular complexity index is 1420. The van der Waals surface area contributed by atoms with Crippen molar-refractivity contribution >= 4 is 16.7 Å². The first-order chi connectivity index (χ1) is 16.9. The number of aryl methyl sites for hydroxylation is 2. The van der Waals surface area contributed by atoms with Crippen molar-refractivity contribution in [2.24, 2.45) is 0 Å². The van der Waals surface area contributed by atoms with Crippen LogP contribution in [0.2, 0.25) is 0 Å². The lowest BCUT2D eigenvalue weighted by atomic mass is 10.1. The molecule has 0 fully saturated rings. The molecule has 8 nitrogen and oxygen atoms in total. The Balaban J connectivity index is 1.57. The molecule has 0 bridgehead atoms. The van der Waals surface area contributed by atoms with Crippen LogP contribution in [0.5, 0.6) is 11.5 Å². The average molecular weight is 475 g/mol. The molecule has 8 heteroatoms. The van der Waals surface area contributed by atoms with Gasteiger partial charge in [-0.1, -0.05) is 18.2 Å². The largest absolute Gasteiger partial charge is 0.497 e. The fourth-order valence-electron chi connectivity index (χ4n) is 4.58. The maximum absolute atomic E-state index is 13.3. The van der Waals surface area contributed by atoms with Gasteiger partial charge >= 0.3 is 0 Å². The highest BCUT2D eigenvalue weighted by Crippen LogP contribution is 2.27. The first-order valence-corrected chi connectivity index (χ1v) is 11.5. The molecule has 4 rings (SSSR count). The van der Waals surface area contributed by atoms with E-state index in [0.29, 0.717) is 24.0 Å². The van der Waals surface area contributed by atoms with Crippen LogP contribution in [-0.2, 0) is 11.2 Å². The lowest BCUT2D eigenvalue weighted by Gasteiger charge is -2.18. The van der Waals surface area contributed by atoms with Crippen LogP contribution in [0.3, 0.4) is 0 Å². The second kappa shape index (κ2) is 10.0. The number of benzene rings is 2. The van der Waals surface area contributed by atoms with Gasteiger partial charge in [-0.05, 0) is 63.1 Å². The van der Waals surface area contributed by atoms with Gasteiger partial charge in [0.1, 0.15) is 17.5 Å². The van der Waals surface area contributed by atoms with Crippen LogP contribution in [0.15, 0.2) is 59.5 Å². The van der Waals surface area contributed by atoms with E-state index in [0.717, 1.165) is 33.8 Å². The normalized spacial score (nSPS) is 11.9. The van der Waals surface area contributed by atoms with Gasteiger partial charge in [0.2, 0.25) is 5.91 Å². The topological polar surface area (TPSA) is 87.4 Å². The Morgan fingerprint density at radius 1 is 1.06 bits per heavy atom. The summed E-state index contributed by atoms with van der Waals surface area (Å²) in [7, 11) is 3.24. The van der Waals surface area contributed by atoms with Gasteiger partial charge in [-0.3, -0.25) is 9.59 Å². The maximum Gasteiger partial charge on any atom is 0.281 e. The van der Waals surface area contributed by atoms with Gasteiger partial charge in [0.25, 0.3) is 5.56 Å². The third kappa shape index (κ3) is 4.51. The fraction of sp³-hybridized carbons (Fsp3) is 0.296. The van der Waals surface area contributed by atoms with E-state index in [1.54, 1.807) is 20.4 Å². The number of amides is 1. The zero-order valence-electron chi connectivity index (χ0n) is 20.7. The first-order valence-electron chi connectivity index (χ1n) is 11.5. The fourth-order valence-corrected chi connectivity index (χ4v) is 4.58. The Kier molecular flexibility index (Phi) is 6.91. The van der Waals surface area contributed by atoms with E-state index in [4.69, 9.17) is 9.47 Å². The van der Waals surface area contributed by atoms with E-state index in [1.807, 2.05) is 73.9 Å². The van der Waals surface area contributed by atoms with Crippen LogP contribution >= 0.6 is 0 Å². The molecule has 2 heterocycles. The highest BCUT2D eigenvalue weighted by molar-refractivity contribution is 5.89. The number of hydrogen-bond acceptors (Lipinski definition) is 5. The van der Waals surface area contributed by atoms with Gasteiger partial charge in [0.15, 0.2) is 0 Å². The predicted octanol–water partition coefficient (Wildman–Crippen LogP) is 3.74. The molecule has 182 valence electrons. The Morgan fingerprint density at radius 3 is 2.49 bits per heavy atom. The molecular formula is C27H30N4O4. The molecule has 0 aliphatic rings. The van der Waals surface area contributed by atoms with E-state index in [1.165, 1.54) is 4.68 Å². The molecule has 1 N–H and O–H groups in total. The number of para-hydroxylation sites is 1. The summed E-state index contributed by atoms with van der Waals surface area (Å²) in [6.45, 7) is 6.06. The van der Waals surface area contributed by atoms with Crippen molar-refractivity contribution in [1.29, 1.82) is 0 Å². The van der Waals surface area contributed by atoms with Gasteiger partial charge in [0, 0.05) is 23.3 Å². The van der Waals surface area contributed by atoms with E-state index >= 15 is 0 Å². The molecule has 4 aromatic rings. The molecule has 35 heavy (non-hydrogen) atoms. The van der Waals surface area contributed by atoms with Crippen LogP contribution < -0.4 is 20.3 Å². The quantitative estimate of drug-likeness (QED) is 0.420. The van der Waals surface area contributed by atoms with E-state index in [9.17, 15) is 9.59 Å². The molecule has 0 aliphatic heterocycles. The van der Waals surface area contributed by atoms with Crippen molar-refractivity contribution in [3.05, 3.63) is 82.0 Å². The van der Waals surface area contributed by atoms with Gasteiger partial charge in [-0.15, -0.1) is 0 Å². The van der Waals surface area contributed by atoms with Crippen molar-refractivity contribution in [2.45, 2.75) is 33.2 Å². The van der Waals surface area contributed by atoms with E-state index in [-0.39, 0.29) is 11.5 Å². The molecule has 1 unspecified atom stereocenters. The molecule has 0 radical (unpaired) electrons. The number of rotatable bonds is 8. The zero-order valence-corrected chi connectivity index (χ0v) is 20.7. The molecule has 2 aromatic heterocycles. The second-order valence-corrected chi connectivity index (χ2v) is 8.42. The minimum absolute atomic E-state index is 0.130. The van der Waals surface area contributed by atoms with Crippen LogP contribution in [0.1, 0.15) is 29.9 Å². The molecule has 0 saturated carbocycles. The van der Waals surface area contributed by atoms with Crippen molar-refractivity contribution < 1.29 is 14.3 Å². The number of aromatic nitrogens is 3. The van der Waals surface area contributed by atoms with Gasteiger partial charge in [-0.25, -0.2) is 0 Å². The molecule has 2 aromatic carbocycles. The number of carbonyl (C=O) groups excluding carboxylic acids is 1. The zero-order chi connectivity index (χ0) is 25.1. The number of nitrogens with one attached hydrogen (secondary N) is 1. The van der Waals surface area contributed by atoms with Crippen LogP contribution in [0.25, 0.3) is 16.5 Å². The second-order valence-electron chi connectivity index (χ2n) is 8.42. The average Bonchev–Trinajstić information content (AvgIpc) is 3.14. The van der Waals surface area contributed by atoms with Crippen molar-refractivity contribution in [2.75, 3.05) is 20.8 Å². The molecule has 0 spiro atoms. The third-order valence-electron chi connectivity index (χ3n) is 6.40. The summed E-state index contributed by atoms with van der Waals surface area (Å²) in [5, 5.41) is 8.71. The summed E-state index contributed by atoms with van der Waals surface area (Å²) in [5.41, 5.74) is 3.02. The summed E-state index contributed by atoms with van der Waals surface area (Å²) < 4.78 is 14.0. The Hall–Kier alpha value is -4.07. The summed E-state index contributed by atoms with van der Waals surface area (Å²) in [6, 6.07) is 14.4. The van der Waals surface area contributed by atoms with E-state index < -0.39 is 6.04 Å². The molecule has 1 amide bonds. The lowest BCUT2D eigenvalue weighted by molar-refractivity contribution is -0.123. The SMILES string of the molecule is COc1ccc(OC)c(CCNC(=O)C(C)n2c(C)c3cnn(-c4ccccc4)c(=O)c3c2C)c1. The number of hydrogen-bond donors (Lipinski definition) is 1. The van der Waals surface area contributed by atoms with Crippen LogP contribution in [0, 0.1) is 13.8 Å². The number of ether oxygens (including phenoxy) is 2. The van der Waals surface area contributed by atoms with Crippen molar-refractivity contribution in [3.8, 4) is 17.2 Å². The summed E-state index contributed by atoms with van der Waals surface area (Å²) in [6.07, 6.45) is 2.29. The smallest absolute Gasteiger partial charge is 0.281 e. The molecule has 0 saturated heterocycles. The Morgan fingerprint density at radius 2 is 1.80 bits per heavy atom. The highest BCUT2D eigenvalue weighted by Gasteiger charge is 2.23. The van der Waals surface area contributed by atoms with Crippen LogP contribution in [0.4, 0.5) is 0 Å².